The summed E-state index contributed by atoms with van der Waals surface area (Å²) in [5.74, 6) is -0.876. The molecule has 0 bridgehead atoms. The maximum Gasteiger partial charge on any atom is 0.291 e. The molecule has 1 aromatic heterocycles. The first-order valence-electron chi connectivity index (χ1n) is 9.10. The minimum absolute atomic E-state index is 0.0673. The molecule has 0 atom stereocenters. The molecule has 8 heteroatoms. The number of carbonyl (C=O) groups is 2. The third-order valence-corrected chi connectivity index (χ3v) is 4.39. The molecular formula is C21H22FN5O2. The van der Waals surface area contributed by atoms with Crippen molar-refractivity contribution >= 4 is 17.5 Å². The van der Waals surface area contributed by atoms with Gasteiger partial charge >= 0.3 is 0 Å². The molecule has 150 valence electrons. The first kappa shape index (κ1) is 20.2. The van der Waals surface area contributed by atoms with Gasteiger partial charge in [0.25, 0.3) is 5.91 Å². The Bertz CT molecular complexity index is 1050. The van der Waals surface area contributed by atoms with Gasteiger partial charge in [0.2, 0.25) is 11.7 Å². The van der Waals surface area contributed by atoms with E-state index in [0.717, 1.165) is 22.4 Å². The number of hydrogen-bond donors (Lipinski definition) is 2. The molecule has 0 fully saturated rings. The van der Waals surface area contributed by atoms with Gasteiger partial charge in [-0.15, -0.1) is 5.10 Å². The molecule has 29 heavy (non-hydrogen) atoms. The van der Waals surface area contributed by atoms with E-state index < -0.39 is 5.91 Å². The molecule has 2 aromatic carbocycles. The zero-order chi connectivity index (χ0) is 21.1. The molecule has 0 radical (unpaired) electrons. The smallest absolute Gasteiger partial charge is 0.291 e. The van der Waals surface area contributed by atoms with Crippen molar-refractivity contribution in [2.75, 3.05) is 11.9 Å². The van der Waals surface area contributed by atoms with Gasteiger partial charge in [0.1, 0.15) is 11.6 Å². The van der Waals surface area contributed by atoms with Gasteiger partial charge < -0.3 is 10.6 Å². The number of carbonyl (C=O) groups excluding carboxylic acids is 2. The van der Waals surface area contributed by atoms with E-state index in [1.54, 1.807) is 19.1 Å². The van der Waals surface area contributed by atoms with Crippen molar-refractivity contribution in [1.82, 2.24) is 20.1 Å². The highest BCUT2D eigenvalue weighted by Gasteiger charge is 2.17. The van der Waals surface area contributed by atoms with Gasteiger partial charge in [0.05, 0.1) is 12.2 Å². The molecule has 0 spiro atoms. The van der Waals surface area contributed by atoms with E-state index in [1.807, 2.05) is 32.9 Å². The molecule has 0 unspecified atom stereocenters. The summed E-state index contributed by atoms with van der Waals surface area (Å²) < 4.78 is 14.5. The Labute approximate surface area is 168 Å². The Hall–Kier alpha value is -3.55. The fourth-order valence-corrected chi connectivity index (χ4v) is 3.11. The average molecular weight is 395 g/mol. The highest BCUT2D eigenvalue weighted by atomic mass is 19.1. The van der Waals surface area contributed by atoms with Crippen LogP contribution in [0.5, 0.6) is 0 Å². The van der Waals surface area contributed by atoms with Gasteiger partial charge in [-0.1, -0.05) is 17.7 Å². The quantitative estimate of drug-likeness (QED) is 0.695. The third-order valence-electron chi connectivity index (χ3n) is 4.39. The Morgan fingerprint density at radius 1 is 1.03 bits per heavy atom. The van der Waals surface area contributed by atoms with Crippen molar-refractivity contribution in [3.63, 3.8) is 0 Å². The lowest BCUT2D eigenvalue weighted by Crippen LogP contribution is -2.33. The summed E-state index contributed by atoms with van der Waals surface area (Å²) in [5, 5.41) is 9.50. The fraction of sp³-hybridized carbons (Fsp3) is 0.238. The second-order valence-electron chi connectivity index (χ2n) is 6.88. The number of hydrogen-bond acceptors (Lipinski definition) is 4. The minimum atomic E-state index is -0.568. The molecule has 0 saturated heterocycles. The van der Waals surface area contributed by atoms with Gasteiger partial charge in [-0.05, 0) is 63.1 Å². The first-order valence-corrected chi connectivity index (χ1v) is 9.10. The molecule has 3 aromatic rings. The monoisotopic (exact) mass is 395 g/mol. The van der Waals surface area contributed by atoms with Crippen molar-refractivity contribution in [2.24, 2.45) is 0 Å². The standard InChI is InChI=1S/C21H22FN5O2/c1-12-9-13(2)19(14(3)10-12)25-18(28)11-23-21(29)20-24-15(4)27(26-20)17-7-5-16(22)6-8-17/h5-10H,11H2,1-4H3,(H,23,29)(H,25,28). The van der Waals surface area contributed by atoms with Crippen molar-refractivity contribution in [3.8, 4) is 5.69 Å². The van der Waals surface area contributed by atoms with Crippen molar-refractivity contribution in [2.45, 2.75) is 27.7 Å². The normalized spacial score (nSPS) is 10.7. The third kappa shape index (κ3) is 4.66. The Kier molecular flexibility index (Phi) is 5.72. The van der Waals surface area contributed by atoms with Crippen molar-refractivity contribution in [1.29, 1.82) is 0 Å². The summed E-state index contributed by atoms with van der Waals surface area (Å²) >= 11 is 0. The number of nitrogens with one attached hydrogen (secondary N) is 2. The van der Waals surface area contributed by atoms with Gasteiger partial charge in [-0.2, -0.15) is 0 Å². The molecule has 0 aliphatic rings. The second kappa shape index (κ2) is 8.22. The van der Waals surface area contributed by atoms with E-state index >= 15 is 0 Å². The summed E-state index contributed by atoms with van der Waals surface area (Å²) in [5.41, 5.74) is 4.35. The fourth-order valence-electron chi connectivity index (χ4n) is 3.11. The first-order chi connectivity index (χ1) is 13.7. The van der Waals surface area contributed by atoms with E-state index in [4.69, 9.17) is 0 Å². The van der Waals surface area contributed by atoms with Crippen LogP contribution in [0.25, 0.3) is 5.69 Å². The van der Waals surface area contributed by atoms with Gasteiger partial charge in [-0.25, -0.2) is 14.1 Å². The molecule has 3 rings (SSSR count). The lowest BCUT2D eigenvalue weighted by molar-refractivity contribution is -0.115. The highest BCUT2D eigenvalue weighted by molar-refractivity contribution is 5.98. The van der Waals surface area contributed by atoms with Crippen LogP contribution in [-0.2, 0) is 4.79 Å². The van der Waals surface area contributed by atoms with E-state index in [1.165, 1.54) is 16.8 Å². The highest BCUT2D eigenvalue weighted by Crippen LogP contribution is 2.21. The summed E-state index contributed by atoms with van der Waals surface area (Å²) in [6, 6.07) is 9.65. The van der Waals surface area contributed by atoms with Crippen LogP contribution in [0.4, 0.5) is 10.1 Å². The van der Waals surface area contributed by atoms with Crippen LogP contribution in [0.2, 0.25) is 0 Å². The topological polar surface area (TPSA) is 88.9 Å². The zero-order valence-electron chi connectivity index (χ0n) is 16.7. The molecule has 0 aliphatic heterocycles. The van der Waals surface area contributed by atoms with Crippen LogP contribution >= 0.6 is 0 Å². The maximum absolute atomic E-state index is 13.1. The molecule has 1 heterocycles. The second-order valence-corrected chi connectivity index (χ2v) is 6.88. The SMILES string of the molecule is Cc1cc(C)c(NC(=O)CNC(=O)c2nc(C)n(-c3ccc(F)cc3)n2)c(C)c1. The van der Waals surface area contributed by atoms with Crippen molar-refractivity contribution < 1.29 is 14.0 Å². The molecule has 0 saturated carbocycles. The maximum atomic E-state index is 13.1. The van der Waals surface area contributed by atoms with E-state index in [-0.39, 0.29) is 24.1 Å². The van der Waals surface area contributed by atoms with Crippen LogP contribution in [0.3, 0.4) is 0 Å². The van der Waals surface area contributed by atoms with E-state index in [2.05, 4.69) is 20.7 Å². The minimum Gasteiger partial charge on any atom is -0.340 e. The predicted octanol–water partition coefficient (Wildman–Crippen LogP) is 3.01. The predicted molar refractivity (Wildman–Crippen MR) is 108 cm³/mol. The largest absolute Gasteiger partial charge is 0.340 e. The number of rotatable bonds is 5. The number of aromatic nitrogens is 3. The number of halogens is 1. The molecule has 0 aliphatic carbocycles. The number of benzene rings is 2. The van der Waals surface area contributed by atoms with Crippen LogP contribution < -0.4 is 10.6 Å². The van der Waals surface area contributed by atoms with E-state index in [0.29, 0.717) is 11.5 Å². The van der Waals surface area contributed by atoms with E-state index in [9.17, 15) is 14.0 Å². The van der Waals surface area contributed by atoms with Gasteiger partial charge in [-0.3, -0.25) is 9.59 Å². The molecule has 2 amide bonds. The number of nitrogens with zero attached hydrogens (tertiary/aromatic N) is 3. The van der Waals surface area contributed by atoms with Crippen LogP contribution in [0, 0.1) is 33.5 Å². The summed E-state index contributed by atoms with van der Waals surface area (Å²) in [4.78, 5) is 28.7. The Morgan fingerprint density at radius 3 is 2.28 bits per heavy atom. The molecule has 2 N–H and O–H groups in total. The van der Waals surface area contributed by atoms with Crippen molar-refractivity contribution in [3.05, 3.63) is 70.6 Å². The lowest BCUT2D eigenvalue weighted by Gasteiger charge is -2.13. The Balaban J connectivity index is 1.65. The summed E-state index contributed by atoms with van der Waals surface area (Å²) in [6.07, 6.45) is 0. The van der Waals surface area contributed by atoms with Gasteiger partial charge in [0.15, 0.2) is 0 Å². The zero-order valence-corrected chi connectivity index (χ0v) is 16.7. The molecular weight excluding hydrogens is 373 g/mol. The lowest BCUT2D eigenvalue weighted by atomic mass is 10.1. The van der Waals surface area contributed by atoms with Crippen LogP contribution in [0.1, 0.15) is 33.1 Å². The van der Waals surface area contributed by atoms with Crippen LogP contribution in [0.15, 0.2) is 36.4 Å². The number of anilines is 1. The number of aryl methyl sites for hydroxylation is 4. The van der Waals surface area contributed by atoms with Crippen LogP contribution in [-0.4, -0.2) is 33.1 Å². The number of amides is 2. The Morgan fingerprint density at radius 2 is 1.66 bits per heavy atom. The average Bonchev–Trinajstić information content (AvgIpc) is 3.05. The summed E-state index contributed by atoms with van der Waals surface area (Å²) in [7, 11) is 0. The molecule has 7 nitrogen and oxygen atoms in total. The summed E-state index contributed by atoms with van der Waals surface area (Å²) in [6.45, 7) is 7.30. The van der Waals surface area contributed by atoms with Gasteiger partial charge in [0, 0.05) is 5.69 Å².